The highest BCUT2D eigenvalue weighted by molar-refractivity contribution is 7.90. The monoisotopic (exact) mass is 577 g/mol. The molecule has 14 heteroatoms. The first kappa shape index (κ1) is 26.6. The van der Waals surface area contributed by atoms with Crippen LogP contribution in [0.25, 0.3) is 16.7 Å². The topological polar surface area (TPSA) is 149 Å². The highest BCUT2D eigenvalue weighted by Gasteiger charge is 2.31. The van der Waals surface area contributed by atoms with E-state index >= 15 is 0 Å². The van der Waals surface area contributed by atoms with Gasteiger partial charge in [-0.2, -0.15) is 15.1 Å². The number of carbonyl (C=O) groups excluding carboxylic acids is 1. The number of fused-ring (bicyclic) bond motifs is 2. The highest BCUT2D eigenvalue weighted by atomic mass is 32.2. The zero-order valence-electron chi connectivity index (χ0n) is 22.7. The summed E-state index contributed by atoms with van der Waals surface area (Å²) in [5, 5.41) is 17.8. The van der Waals surface area contributed by atoms with Gasteiger partial charge in [0.15, 0.2) is 11.6 Å². The van der Waals surface area contributed by atoms with Gasteiger partial charge >= 0.3 is 0 Å². The second-order valence-electron chi connectivity index (χ2n) is 10.3. The van der Waals surface area contributed by atoms with Gasteiger partial charge in [-0.3, -0.25) is 9.52 Å². The molecule has 1 fully saturated rings. The second-order valence-corrected chi connectivity index (χ2v) is 12.5. The van der Waals surface area contributed by atoms with Crippen molar-refractivity contribution in [3.63, 3.8) is 0 Å². The van der Waals surface area contributed by atoms with Crippen molar-refractivity contribution in [1.82, 2.24) is 24.5 Å². The fourth-order valence-electron chi connectivity index (χ4n) is 4.94. The van der Waals surface area contributed by atoms with Crippen LogP contribution < -0.4 is 24.7 Å². The minimum Gasteiger partial charge on any atom is -0.508 e. The van der Waals surface area contributed by atoms with Crippen molar-refractivity contribution in [3.8, 4) is 11.6 Å². The van der Waals surface area contributed by atoms with Crippen LogP contribution in [-0.2, 0) is 14.8 Å². The number of carbonyl (C=O) groups is 1. The van der Waals surface area contributed by atoms with Crippen LogP contribution in [0.4, 0.5) is 23.1 Å². The van der Waals surface area contributed by atoms with E-state index in [1.165, 1.54) is 13.8 Å². The fraction of sp³-hybridized carbons (Fsp3) is 0.333. The van der Waals surface area contributed by atoms with E-state index in [0.29, 0.717) is 36.4 Å². The van der Waals surface area contributed by atoms with Crippen LogP contribution >= 0.6 is 0 Å². The van der Waals surface area contributed by atoms with Crippen molar-refractivity contribution in [2.45, 2.75) is 19.1 Å². The molecule has 13 nitrogen and oxygen atoms in total. The number of phenolic OH excluding ortho intramolecular Hbond substituents is 1. The van der Waals surface area contributed by atoms with E-state index in [2.05, 4.69) is 24.9 Å². The predicted molar refractivity (Wildman–Crippen MR) is 157 cm³/mol. The third-order valence-corrected chi connectivity index (χ3v) is 9.03. The average molecular weight is 578 g/mol. The molecule has 1 saturated heterocycles. The van der Waals surface area contributed by atoms with E-state index in [0.717, 1.165) is 29.7 Å². The average Bonchev–Trinajstić information content (AvgIpc) is 3.57. The Balaban J connectivity index is 1.32. The number of hydrogen-bond donors (Lipinski definition) is 3. The lowest BCUT2D eigenvalue weighted by Crippen LogP contribution is -2.47. The summed E-state index contributed by atoms with van der Waals surface area (Å²) < 4.78 is 28.5. The number of phenols is 1. The van der Waals surface area contributed by atoms with Gasteiger partial charge in [0.2, 0.25) is 16.0 Å². The summed E-state index contributed by atoms with van der Waals surface area (Å²) in [5.74, 6) is 1.13. The van der Waals surface area contributed by atoms with Gasteiger partial charge in [0, 0.05) is 37.3 Å². The Hall–Kier alpha value is -4.59. The van der Waals surface area contributed by atoms with Gasteiger partial charge in [-0.05, 0) is 44.2 Å². The third-order valence-electron chi connectivity index (χ3n) is 7.27. The summed E-state index contributed by atoms with van der Waals surface area (Å²) in [6.45, 7) is 5.85. The lowest BCUT2D eigenvalue weighted by Gasteiger charge is -2.36. The van der Waals surface area contributed by atoms with Crippen molar-refractivity contribution in [2.24, 2.45) is 0 Å². The minimum absolute atomic E-state index is 0.198. The minimum atomic E-state index is -3.76. The molecule has 0 unspecified atom stereocenters. The Morgan fingerprint density at radius 3 is 2.41 bits per heavy atom. The summed E-state index contributed by atoms with van der Waals surface area (Å²) in [4.78, 5) is 28.6. The third kappa shape index (κ3) is 5.17. The first-order valence-corrected chi connectivity index (χ1v) is 14.9. The van der Waals surface area contributed by atoms with E-state index in [4.69, 9.17) is 9.97 Å². The van der Waals surface area contributed by atoms with Gasteiger partial charge in [0.25, 0.3) is 5.91 Å². The van der Waals surface area contributed by atoms with Crippen LogP contribution in [0.2, 0.25) is 0 Å². The first-order valence-electron chi connectivity index (χ1n) is 13.4. The number of anilines is 4. The van der Waals surface area contributed by atoms with Crippen molar-refractivity contribution >= 4 is 50.0 Å². The highest BCUT2D eigenvalue weighted by Crippen LogP contribution is 2.37. The molecule has 6 rings (SSSR count). The molecule has 2 aliphatic heterocycles. The van der Waals surface area contributed by atoms with Gasteiger partial charge in [-0.1, -0.05) is 18.2 Å². The maximum Gasteiger partial charge on any atom is 0.253 e. The molecule has 2 aliphatic rings. The second kappa shape index (κ2) is 10.4. The molecule has 0 saturated carbocycles. The zero-order chi connectivity index (χ0) is 28.7. The molecule has 214 valence electrons. The SMILES string of the molecule is CC(C)S(=O)(=O)NC(=O)CN1CNc2c1nc(N1CCN(c3ccc(O)cc3)CC1)nc2-n1ncc2ccccc21. The summed E-state index contributed by atoms with van der Waals surface area (Å²) >= 11 is 0. The van der Waals surface area contributed by atoms with E-state index < -0.39 is 21.2 Å². The maximum absolute atomic E-state index is 12.7. The Labute approximate surface area is 237 Å². The molecule has 0 aliphatic carbocycles. The Bertz CT molecular complexity index is 1700. The van der Waals surface area contributed by atoms with Crippen LogP contribution in [0, 0.1) is 0 Å². The summed E-state index contributed by atoms with van der Waals surface area (Å²) in [6, 6.07) is 15.0. The van der Waals surface area contributed by atoms with Gasteiger partial charge < -0.3 is 25.1 Å². The van der Waals surface area contributed by atoms with Crippen LogP contribution in [0.3, 0.4) is 0 Å². The summed E-state index contributed by atoms with van der Waals surface area (Å²) in [5.41, 5.74) is 2.51. The predicted octanol–water partition coefficient (Wildman–Crippen LogP) is 1.89. The molecule has 0 radical (unpaired) electrons. The molecule has 0 spiro atoms. The first-order chi connectivity index (χ1) is 19.7. The molecule has 4 aromatic rings. The van der Waals surface area contributed by atoms with Gasteiger partial charge in [-0.15, -0.1) is 0 Å². The molecule has 1 amide bonds. The van der Waals surface area contributed by atoms with Gasteiger partial charge in [0.05, 0.1) is 23.6 Å². The largest absolute Gasteiger partial charge is 0.508 e. The Morgan fingerprint density at radius 1 is 1.00 bits per heavy atom. The number of para-hydroxylation sites is 1. The Kier molecular flexibility index (Phi) is 6.77. The summed E-state index contributed by atoms with van der Waals surface area (Å²) in [6.07, 6.45) is 1.77. The number of piperazine rings is 1. The standard InChI is InChI=1S/C27H31N9O4S/c1-18(2)41(39,40)32-23(38)16-35-17-28-24-25(35)30-27(31-26(24)36-22-6-4-3-5-19(22)15-29-36)34-13-11-33(12-14-34)20-7-9-21(37)10-8-20/h3-10,15,18,28,37H,11-14,16-17H2,1-2H3,(H,32,38). The smallest absolute Gasteiger partial charge is 0.253 e. The molecule has 2 aromatic carbocycles. The molecule has 0 bridgehead atoms. The van der Waals surface area contributed by atoms with Gasteiger partial charge in [0.1, 0.15) is 18.0 Å². The number of benzene rings is 2. The van der Waals surface area contributed by atoms with Crippen molar-refractivity contribution < 1.29 is 18.3 Å². The number of nitrogens with zero attached hydrogens (tertiary/aromatic N) is 7. The fourth-order valence-corrected chi connectivity index (χ4v) is 5.56. The number of aromatic nitrogens is 4. The van der Waals surface area contributed by atoms with Crippen molar-refractivity contribution in [2.75, 3.05) is 59.4 Å². The lowest BCUT2D eigenvalue weighted by atomic mass is 10.2. The Morgan fingerprint density at radius 2 is 1.68 bits per heavy atom. The zero-order valence-corrected chi connectivity index (χ0v) is 23.5. The number of nitrogens with one attached hydrogen (secondary N) is 2. The van der Waals surface area contributed by atoms with E-state index in [9.17, 15) is 18.3 Å². The van der Waals surface area contributed by atoms with Gasteiger partial charge in [-0.25, -0.2) is 13.1 Å². The molecule has 2 aromatic heterocycles. The summed E-state index contributed by atoms with van der Waals surface area (Å²) in [7, 11) is -3.76. The molecule has 3 N–H and O–H groups in total. The maximum atomic E-state index is 12.7. The number of aromatic hydroxyl groups is 1. The number of amides is 1. The number of hydrogen-bond acceptors (Lipinski definition) is 11. The van der Waals surface area contributed by atoms with Crippen LogP contribution in [0.15, 0.2) is 54.7 Å². The van der Waals surface area contributed by atoms with Crippen LogP contribution in [0.1, 0.15) is 13.8 Å². The number of rotatable bonds is 7. The van der Waals surface area contributed by atoms with Crippen LogP contribution in [0.5, 0.6) is 5.75 Å². The van der Waals surface area contributed by atoms with E-state index in [1.807, 2.05) is 36.4 Å². The molecule has 4 heterocycles. The lowest BCUT2D eigenvalue weighted by molar-refractivity contribution is -0.118. The van der Waals surface area contributed by atoms with Crippen LogP contribution in [-0.4, -0.2) is 83.8 Å². The van der Waals surface area contributed by atoms with Crippen molar-refractivity contribution in [1.29, 1.82) is 0 Å². The molecule has 0 atom stereocenters. The quantitative estimate of drug-likeness (QED) is 0.296. The number of sulfonamides is 1. The van der Waals surface area contributed by atoms with Crippen molar-refractivity contribution in [3.05, 3.63) is 54.7 Å². The van der Waals surface area contributed by atoms with E-state index in [-0.39, 0.29) is 19.0 Å². The molecular weight excluding hydrogens is 546 g/mol. The molecule has 41 heavy (non-hydrogen) atoms. The molecular formula is C27H31N9O4S. The normalized spacial score (nSPS) is 15.3. The van der Waals surface area contributed by atoms with E-state index in [1.54, 1.807) is 27.9 Å².